The number of aromatic nitrogens is 4. The topological polar surface area (TPSA) is 95.6 Å². The summed E-state index contributed by atoms with van der Waals surface area (Å²) >= 11 is 5.70. The monoisotopic (exact) mass is 316 g/mol. The second-order valence-corrected chi connectivity index (χ2v) is 4.96. The van der Waals surface area contributed by atoms with Crippen LogP contribution < -0.4 is 10.6 Å². The second-order valence-electron chi connectivity index (χ2n) is 4.53. The van der Waals surface area contributed by atoms with E-state index in [0.717, 1.165) is 10.9 Å². The quantitative estimate of drug-likeness (QED) is 0.624. The second kappa shape index (κ2) is 6.40. The smallest absolute Gasteiger partial charge is 0.272 e. The number of halogens is 1. The highest BCUT2D eigenvalue weighted by molar-refractivity contribution is 6.30. The Morgan fingerprint density at radius 3 is 2.77 bits per heavy atom. The summed E-state index contributed by atoms with van der Waals surface area (Å²) in [6, 6.07) is 7.48. The molecule has 3 N–H and O–H groups in total. The third-order valence-corrected chi connectivity index (χ3v) is 3.19. The average molecular weight is 317 g/mol. The Morgan fingerprint density at radius 2 is 1.95 bits per heavy atom. The molecule has 22 heavy (non-hydrogen) atoms. The van der Waals surface area contributed by atoms with Crippen molar-refractivity contribution in [2.45, 2.75) is 0 Å². The number of aromatic amines is 1. The molecule has 0 fully saturated rings. The number of nitrogens with zero attached hydrogens (tertiary/aromatic N) is 3. The van der Waals surface area contributed by atoms with Crippen molar-refractivity contribution in [1.82, 2.24) is 25.5 Å². The first kappa shape index (κ1) is 14.3. The lowest BCUT2D eigenvalue weighted by Gasteiger charge is -2.05. The third-order valence-electron chi connectivity index (χ3n) is 3.00. The van der Waals surface area contributed by atoms with E-state index in [-0.39, 0.29) is 5.91 Å². The Balaban J connectivity index is 1.53. The van der Waals surface area contributed by atoms with Crippen molar-refractivity contribution < 1.29 is 4.79 Å². The summed E-state index contributed by atoms with van der Waals surface area (Å²) in [6.45, 7) is 0.918. The van der Waals surface area contributed by atoms with Crippen LogP contribution in [0.25, 0.3) is 10.9 Å². The minimum absolute atomic E-state index is 0.226. The molecule has 3 aromatic rings. The number of carbonyl (C=O) groups excluding carboxylic acids is 1. The molecule has 7 nitrogen and oxygen atoms in total. The van der Waals surface area contributed by atoms with Crippen LogP contribution in [-0.2, 0) is 0 Å². The van der Waals surface area contributed by atoms with Gasteiger partial charge in [-0.3, -0.25) is 9.89 Å². The average Bonchev–Trinajstić information content (AvgIpc) is 2.97. The molecule has 0 spiro atoms. The predicted molar refractivity (Wildman–Crippen MR) is 84.0 cm³/mol. The molecule has 1 amide bonds. The number of fused-ring (bicyclic) bond motifs is 1. The largest absolute Gasteiger partial charge is 0.352 e. The Kier molecular flexibility index (Phi) is 4.15. The highest BCUT2D eigenvalue weighted by Crippen LogP contribution is 2.14. The number of hydrogen-bond donors (Lipinski definition) is 3. The molecule has 0 aliphatic heterocycles. The summed E-state index contributed by atoms with van der Waals surface area (Å²) in [7, 11) is 0. The van der Waals surface area contributed by atoms with E-state index in [1.54, 1.807) is 0 Å². The Hall–Kier alpha value is -2.67. The molecule has 8 heteroatoms. The lowest BCUT2D eigenvalue weighted by molar-refractivity contribution is 0.0952. The maximum absolute atomic E-state index is 12.1. The Labute approximate surface area is 131 Å². The Bertz CT molecular complexity index is 785. The normalized spacial score (nSPS) is 10.6. The number of hydrogen-bond acceptors (Lipinski definition) is 5. The van der Waals surface area contributed by atoms with Crippen molar-refractivity contribution in [3.63, 3.8) is 0 Å². The van der Waals surface area contributed by atoms with Crippen LogP contribution in [0.3, 0.4) is 0 Å². The Morgan fingerprint density at radius 1 is 1.18 bits per heavy atom. The van der Waals surface area contributed by atoms with Gasteiger partial charge in [-0.25, -0.2) is 9.97 Å². The molecule has 0 radical (unpaired) electrons. The van der Waals surface area contributed by atoms with Crippen molar-refractivity contribution in [1.29, 1.82) is 0 Å². The number of H-pyrrole nitrogens is 1. The number of nitrogens with one attached hydrogen (secondary N) is 3. The summed E-state index contributed by atoms with van der Waals surface area (Å²) in [4.78, 5) is 20.1. The molecule has 0 aliphatic carbocycles. The van der Waals surface area contributed by atoms with Gasteiger partial charge in [-0.2, -0.15) is 5.10 Å². The van der Waals surface area contributed by atoms with Crippen LogP contribution >= 0.6 is 11.6 Å². The minimum atomic E-state index is -0.226. The van der Waals surface area contributed by atoms with Gasteiger partial charge in [0.05, 0.1) is 22.9 Å². The molecular weight excluding hydrogens is 304 g/mol. The van der Waals surface area contributed by atoms with Crippen LogP contribution in [-0.4, -0.2) is 39.2 Å². The highest BCUT2D eigenvalue weighted by atomic mass is 35.5. The van der Waals surface area contributed by atoms with Crippen molar-refractivity contribution in [3.8, 4) is 0 Å². The molecule has 2 aromatic heterocycles. The summed E-state index contributed by atoms with van der Waals surface area (Å²) in [5, 5.41) is 13.9. The predicted octanol–water partition coefficient (Wildman–Crippen LogP) is 1.85. The lowest BCUT2D eigenvalue weighted by Crippen LogP contribution is -2.29. The SMILES string of the molecule is O=C(NCCNc1ncc(Cl)cn1)c1n[nH]c2ccccc12. The zero-order chi connectivity index (χ0) is 15.4. The van der Waals surface area contributed by atoms with Gasteiger partial charge in [-0.1, -0.05) is 29.8 Å². The van der Waals surface area contributed by atoms with Gasteiger partial charge in [-0.05, 0) is 6.07 Å². The molecule has 2 heterocycles. The fraction of sp³-hybridized carbons (Fsp3) is 0.143. The van der Waals surface area contributed by atoms with E-state index in [0.29, 0.717) is 29.8 Å². The van der Waals surface area contributed by atoms with E-state index in [1.807, 2.05) is 24.3 Å². The van der Waals surface area contributed by atoms with Crippen LogP contribution in [0.1, 0.15) is 10.5 Å². The molecule has 0 saturated carbocycles. The fourth-order valence-electron chi connectivity index (χ4n) is 1.97. The van der Waals surface area contributed by atoms with E-state index in [9.17, 15) is 4.79 Å². The third kappa shape index (κ3) is 3.15. The first-order chi connectivity index (χ1) is 10.7. The molecule has 112 valence electrons. The van der Waals surface area contributed by atoms with Gasteiger partial charge in [0.25, 0.3) is 5.91 Å². The molecule has 0 bridgehead atoms. The van der Waals surface area contributed by atoms with Crippen LogP contribution in [0.15, 0.2) is 36.7 Å². The van der Waals surface area contributed by atoms with Crippen LogP contribution in [0.4, 0.5) is 5.95 Å². The number of rotatable bonds is 5. The summed E-state index contributed by atoms with van der Waals surface area (Å²) in [5.41, 5.74) is 1.22. The maximum atomic E-state index is 12.1. The van der Waals surface area contributed by atoms with E-state index in [2.05, 4.69) is 30.8 Å². The van der Waals surface area contributed by atoms with E-state index >= 15 is 0 Å². The number of amides is 1. The summed E-state index contributed by atoms with van der Waals surface area (Å²) in [6.07, 6.45) is 3.01. The minimum Gasteiger partial charge on any atom is -0.352 e. The number of para-hydroxylation sites is 1. The van der Waals surface area contributed by atoms with Crippen LogP contribution in [0.5, 0.6) is 0 Å². The van der Waals surface area contributed by atoms with Gasteiger partial charge >= 0.3 is 0 Å². The van der Waals surface area contributed by atoms with E-state index < -0.39 is 0 Å². The van der Waals surface area contributed by atoms with Crippen molar-refractivity contribution >= 4 is 34.4 Å². The zero-order valence-corrected chi connectivity index (χ0v) is 12.3. The van der Waals surface area contributed by atoms with Gasteiger partial charge in [0.15, 0.2) is 5.69 Å². The van der Waals surface area contributed by atoms with Gasteiger partial charge in [0.1, 0.15) is 0 Å². The van der Waals surface area contributed by atoms with Crippen molar-refractivity contribution in [2.24, 2.45) is 0 Å². The fourth-order valence-corrected chi connectivity index (χ4v) is 2.07. The van der Waals surface area contributed by atoms with Crippen molar-refractivity contribution in [3.05, 3.63) is 47.4 Å². The van der Waals surface area contributed by atoms with E-state index in [1.165, 1.54) is 12.4 Å². The number of carbonyl (C=O) groups is 1. The summed E-state index contributed by atoms with van der Waals surface area (Å²) in [5.74, 6) is 0.236. The highest BCUT2D eigenvalue weighted by Gasteiger charge is 2.12. The molecule has 3 rings (SSSR count). The van der Waals surface area contributed by atoms with Crippen LogP contribution in [0.2, 0.25) is 5.02 Å². The molecule has 0 saturated heterocycles. The van der Waals surface area contributed by atoms with Gasteiger partial charge in [0, 0.05) is 18.5 Å². The molecule has 0 atom stereocenters. The van der Waals surface area contributed by atoms with E-state index in [4.69, 9.17) is 11.6 Å². The maximum Gasteiger partial charge on any atom is 0.272 e. The summed E-state index contributed by atoms with van der Waals surface area (Å²) < 4.78 is 0. The first-order valence-corrected chi connectivity index (χ1v) is 7.04. The van der Waals surface area contributed by atoms with Gasteiger partial charge in [0.2, 0.25) is 5.95 Å². The number of anilines is 1. The standard InChI is InChI=1S/C14H13ClN6O/c15-9-7-18-14(19-8-9)17-6-5-16-13(22)12-10-3-1-2-4-11(10)20-21-12/h1-4,7-8H,5-6H2,(H,16,22)(H,20,21)(H,17,18,19). The zero-order valence-electron chi connectivity index (χ0n) is 11.5. The lowest BCUT2D eigenvalue weighted by atomic mass is 10.2. The molecular formula is C14H13ClN6O. The van der Waals surface area contributed by atoms with Gasteiger partial charge < -0.3 is 10.6 Å². The van der Waals surface area contributed by atoms with Gasteiger partial charge in [-0.15, -0.1) is 0 Å². The van der Waals surface area contributed by atoms with Crippen LogP contribution in [0, 0.1) is 0 Å². The number of benzene rings is 1. The molecule has 0 unspecified atom stereocenters. The molecule has 1 aromatic carbocycles. The first-order valence-electron chi connectivity index (χ1n) is 6.67. The van der Waals surface area contributed by atoms with Crippen molar-refractivity contribution in [2.75, 3.05) is 18.4 Å². The molecule has 0 aliphatic rings.